The number of carbonyl (C=O) groups is 1. The second-order valence-electron chi connectivity index (χ2n) is 7.03. The molecule has 0 fully saturated rings. The predicted octanol–water partition coefficient (Wildman–Crippen LogP) is 4.70. The summed E-state index contributed by atoms with van der Waals surface area (Å²) in [6.45, 7) is 5.51. The van der Waals surface area contributed by atoms with E-state index in [1.165, 1.54) is 22.5 Å². The molecule has 0 aliphatic rings. The molecule has 3 rings (SSSR count). The second kappa shape index (κ2) is 8.38. The molecule has 1 heterocycles. The average Bonchev–Trinajstić information content (AvgIpc) is 3.03. The SMILES string of the molecule is Cc1ccc(CC(=O)N(CCN(C)C)c2nc3c(Cl)cccc3s2)cc1C. The molecule has 0 radical (unpaired) electrons. The molecule has 3 aromatic rings. The van der Waals surface area contributed by atoms with Crippen LogP contribution in [0.1, 0.15) is 16.7 Å². The number of carbonyl (C=O) groups excluding carboxylic acids is 1. The van der Waals surface area contributed by atoms with Crippen LogP contribution in [0, 0.1) is 13.8 Å². The maximum absolute atomic E-state index is 13.1. The smallest absolute Gasteiger partial charge is 0.233 e. The van der Waals surface area contributed by atoms with E-state index in [2.05, 4.69) is 35.9 Å². The van der Waals surface area contributed by atoms with E-state index in [9.17, 15) is 4.79 Å². The van der Waals surface area contributed by atoms with E-state index in [0.29, 0.717) is 23.1 Å². The van der Waals surface area contributed by atoms with Gasteiger partial charge in [0, 0.05) is 13.1 Å². The maximum Gasteiger partial charge on any atom is 0.233 e. The van der Waals surface area contributed by atoms with E-state index in [0.717, 1.165) is 22.3 Å². The van der Waals surface area contributed by atoms with Crippen LogP contribution in [0.25, 0.3) is 10.2 Å². The van der Waals surface area contributed by atoms with Crippen molar-refractivity contribution in [3.63, 3.8) is 0 Å². The van der Waals surface area contributed by atoms with Crippen LogP contribution in [-0.4, -0.2) is 43.0 Å². The van der Waals surface area contributed by atoms with Gasteiger partial charge in [-0.3, -0.25) is 9.69 Å². The minimum atomic E-state index is 0.0512. The number of hydrogen-bond donors (Lipinski definition) is 0. The number of amides is 1. The molecule has 0 N–H and O–H groups in total. The third-order valence-corrected chi connectivity index (χ3v) is 5.94. The molecular weight excluding hydrogens is 378 g/mol. The van der Waals surface area contributed by atoms with E-state index in [1.54, 1.807) is 4.90 Å². The van der Waals surface area contributed by atoms with Gasteiger partial charge >= 0.3 is 0 Å². The van der Waals surface area contributed by atoms with Crippen LogP contribution in [-0.2, 0) is 11.2 Å². The van der Waals surface area contributed by atoms with Gasteiger partial charge in [0.15, 0.2) is 5.13 Å². The molecular formula is C21H24ClN3OS. The van der Waals surface area contributed by atoms with Crippen LogP contribution < -0.4 is 4.90 Å². The minimum absolute atomic E-state index is 0.0512. The third kappa shape index (κ3) is 4.67. The summed E-state index contributed by atoms with van der Waals surface area (Å²) in [5, 5.41) is 1.32. The van der Waals surface area contributed by atoms with Gasteiger partial charge in [-0.25, -0.2) is 4.98 Å². The Morgan fingerprint density at radius 2 is 1.89 bits per heavy atom. The Balaban J connectivity index is 1.90. The molecule has 2 aromatic carbocycles. The number of nitrogens with zero attached hydrogens (tertiary/aromatic N) is 3. The van der Waals surface area contributed by atoms with E-state index in [4.69, 9.17) is 11.6 Å². The number of aryl methyl sites for hydroxylation is 2. The highest BCUT2D eigenvalue weighted by Crippen LogP contribution is 2.33. The molecule has 0 bridgehead atoms. The Hall–Kier alpha value is -1.95. The molecule has 0 aliphatic carbocycles. The van der Waals surface area contributed by atoms with Gasteiger partial charge in [0.2, 0.25) is 5.91 Å². The maximum atomic E-state index is 13.1. The average molecular weight is 402 g/mol. The number of para-hydroxylation sites is 1. The second-order valence-corrected chi connectivity index (χ2v) is 8.44. The first-order valence-corrected chi connectivity index (χ1v) is 10.1. The molecule has 0 spiro atoms. The zero-order valence-electron chi connectivity index (χ0n) is 16.1. The number of likely N-dealkylation sites (N-methyl/N-ethyl adjacent to an activating group) is 1. The summed E-state index contributed by atoms with van der Waals surface area (Å²) in [6.07, 6.45) is 0.359. The van der Waals surface area contributed by atoms with Gasteiger partial charge in [-0.2, -0.15) is 0 Å². The largest absolute Gasteiger partial charge is 0.308 e. The lowest BCUT2D eigenvalue weighted by Crippen LogP contribution is -2.37. The number of benzene rings is 2. The molecule has 142 valence electrons. The summed E-state index contributed by atoms with van der Waals surface area (Å²) in [7, 11) is 4.00. The molecule has 0 saturated heterocycles. The van der Waals surface area contributed by atoms with Crippen molar-refractivity contribution in [2.24, 2.45) is 0 Å². The van der Waals surface area contributed by atoms with Crippen molar-refractivity contribution in [3.8, 4) is 0 Å². The van der Waals surface area contributed by atoms with Gasteiger partial charge in [-0.05, 0) is 56.8 Å². The first kappa shape index (κ1) is 19.8. The van der Waals surface area contributed by atoms with Crippen molar-refractivity contribution < 1.29 is 4.79 Å². The fourth-order valence-corrected chi connectivity index (χ4v) is 4.14. The standard InChI is InChI=1S/C21H24ClN3OS/c1-14-8-9-16(12-15(14)2)13-19(26)25(11-10-24(3)4)21-23-20-17(22)6-5-7-18(20)27-21/h5-9,12H,10-11,13H2,1-4H3. The summed E-state index contributed by atoms with van der Waals surface area (Å²) in [5.74, 6) is 0.0512. The van der Waals surface area contributed by atoms with Gasteiger partial charge < -0.3 is 4.90 Å². The van der Waals surface area contributed by atoms with Gasteiger partial charge in [0.25, 0.3) is 0 Å². The predicted molar refractivity (Wildman–Crippen MR) is 115 cm³/mol. The Morgan fingerprint density at radius 3 is 2.56 bits per heavy atom. The highest BCUT2D eigenvalue weighted by Gasteiger charge is 2.21. The van der Waals surface area contributed by atoms with Crippen molar-refractivity contribution in [3.05, 3.63) is 58.1 Å². The number of anilines is 1. The summed E-state index contributed by atoms with van der Waals surface area (Å²) in [6, 6.07) is 11.9. The first-order valence-electron chi connectivity index (χ1n) is 8.91. The molecule has 1 amide bonds. The molecule has 0 saturated carbocycles. The highest BCUT2D eigenvalue weighted by atomic mass is 35.5. The highest BCUT2D eigenvalue weighted by molar-refractivity contribution is 7.22. The lowest BCUT2D eigenvalue weighted by Gasteiger charge is -2.22. The first-order chi connectivity index (χ1) is 12.8. The van der Waals surface area contributed by atoms with Crippen LogP contribution >= 0.6 is 22.9 Å². The Kier molecular flexibility index (Phi) is 6.15. The minimum Gasteiger partial charge on any atom is -0.308 e. The normalized spacial score (nSPS) is 11.3. The molecule has 0 aliphatic heterocycles. The van der Waals surface area contributed by atoms with Crippen LogP contribution in [0.5, 0.6) is 0 Å². The van der Waals surface area contributed by atoms with Crippen LogP contribution in [0.15, 0.2) is 36.4 Å². The lowest BCUT2D eigenvalue weighted by molar-refractivity contribution is -0.118. The Labute approximate surface area is 169 Å². The summed E-state index contributed by atoms with van der Waals surface area (Å²) < 4.78 is 0.992. The number of thiazole rings is 1. The van der Waals surface area contributed by atoms with Crippen molar-refractivity contribution >= 4 is 44.2 Å². The molecule has 1 aromatic heterocycles. The fraction of sp³-hybridized carbons (Fsp3) is 0.333. The van der Waals surface area contributed by atoms with E-state index >= 15 is 0 Å². The van der Waals surface area contributed by atoms with Crippen LogP contribution in [0.2, 0.25) is 5.02 Å². The van der Waals surface area contributed by atoms with E-state index in [1.807, 2.05) is 38.4 Å². The number of hydrogen-bond acceptors (Lipinski definition) is 4. The summed E-state index contributed by atoms with van der Waals surface area (Å²) >= 11 is 7.78. The van der Waals surface area contributed by atoms with E-state index in [-0.39, 0.29) is 5.91 Å². The monoisotopic (exact) mass is 401 g/mol. The third-order valence-electron chi connectivity index (χ3n) is 4.59. The Bertz CT molecular complexity index is 967. The van der Waals surface area contributed by atoms with E-state index < -0.39 is 0 Å². The van der Waals surface area contributed by atoms with Crippen molar-refractivity contribution in [1.82, 2.24) is 9.88 Å². The Morgan fingerprint density at radius 1 is 1.11 bits per heavy atom. The topological polar surface area (TPSA) is 36.4 Å². The van der Waals surface area contributed by atoms with Gasteiger partial charge in [-0.15, -0.1) is 0 Å². The van der Waals surface area contributed by atoms with Crippen LogP contribution in [0.3, 0.4) is 0 Å². The summed E-state index contributed by atoms with van der Waals surface area (Å²) in [5.41, 5.74) is 4.22. The van der Waals surface area contributed by atoms with Crippen molar-refractivity contribution in [1.29, 1.82) is 0 Å². The number of halogens is 1. The van der Waals surface area contributed by atoms with Crippen molar-refractivity contribution in [2.45, 2.75) is 20.3 Å². The molecule has 0 atom stereocenters. The number of fused-ring (bicyclic) bond motifs is 1. The zero-order chi connectivity index (χ0) is 19.6. The molecule has 0 unspecified atom stereocenters. The number of aromatic nitrogens is 1. The summed E-state index contributed by atoms with van der Waals surface area (Å²) in [4.78, 5) is 21.6. The van der Waals surface area contributed by atoms with Crippen LogP contribution in [0.4, 0.5) is 5.13 Å². The molecule has 4 nitrogen and oxygen atoms in total. The molecule has 27 heavy (non-hydrogen) atoms. The fourth-order valence-electron chi connectivity index (χ4n) is 2.83. The molecule has 6 heteroatoms. The lowest BCUT2D eigenvalue weighted by atomic mass is 10.0. The van der Waals surface area contributed by atoms with Gasteiger partial charge in [0.1, 0.15) is 5.52 Å². The van der Waals surface area contributed by atoms with Gasteiger partial charge in [-0.1, -0.05) is 47.2 Å². The van der Waals surface area contributed by atoms with Crippen molar-refractivity contribution in [2.75, 3.05) is 32.1 Å². The van der Waals surface area contributed by atoms with Gasteiger partial charge in [0.05, 0.1) is 16.1 Å². The zero-order valence-corrected chi connectivity index (χ0v) is 17.7. The quantitative estimate of drug-likeness (QED) is 0.600. The number of rotatable bonds is 6.